The number of hydrogen-bond donors (Lipinski definition) is 2. The Bertz CT molecular complexity index is 703. The molecule has 0 aliphatic rings. The molecule has 1 aromatic carbocycles. The first kappa shape index (κ1) is 15.0. The van der Waals surface area contributed by atoms with Crippen LogP contribution in [0.1, 0.15) is 18.5 Å². The Hall–Kier alpha value is -2.41. The minimum Gasteiger partial charge on any atom is -0.331 e. The smallest absolute Gasteiger partial charge is 0.329 e. The molecule has 0 saturated carbocycles. The normalized spacial score (nSPS) is 12.4. The Labute approximate surface area is 123 Å². The summed E-state index contributed by atoms with van der Waals surface area (Å²) < 4.78 is 25.8. The van der Waals surface area contributed by atoms with Gasteiger partial charge in [0.1, 0.15) is 0 Å². The number of sulfonamides is 1. The van der Waals surface area contributed by atoms with Gasteiger partial charge < -0.3 is 5.32 Å². The van der Waals surface area contributed by atoms with Crippen LogP contribution in [0.5, 0.6) is 0 Å². The highest BCUT2D eigenvalue weighted by Crippen LogP contribution is 2.11. The van der Waals surface area contributed by atoms with Crippen LogP contribution in [-0.2, 0) is 10.0 Å². The van der Waals surface area contributed by atoms with Gasteiger partial charge in [0.05, 0.1) is 6.04 Å². The molecular formula is C14H15N3O3S. The van der Waals surface area contributed by atoms with Crippen LogP contribution >= 0.6 is 0 Å². The van der Waals surface area contributed by atoms with Crippen LogP contribution in [-0.4, -0.2) is 19.4 Å². The first-order valence-corrected chi connectivity index (χ1v) is 7.76. The van der Waals surface area contributed by atoms with Gasteiger partial charge in [-0.2, -0.15) is 8.42 Å². The predicted molar refractivity (Wildman–Crippen MR) is 77.9 cm³/mol. The van der Waals surface area contributed by atoms with Crippen molar-refractivity contribution in [1.82, 2.24) is 15.0 Å². The molecule has 1 atom stereocenters. The average molecular weight is 305 g/mol. The molecular weight excluding hydrogens is 290 g/mol. The van der Waals surface area contributed by atoms with Gasteiger partial charge in [-0.1, -0.05) is 36.4 Å². The summed E-state index contributed by atoms with van der Waals surface area (Å²) in [5, 5.41) is 2.36. The highest BCUT2D eigenvalue weighted by molar-refractivity contribution is 7.90. The lowest BCUT2D eigenvalue weighted by Gasteiger charge is -2.14. The van der Waals surface area contributed by atoms with Gasteiger partial charge in [-0.05, 0) is 24.6 Å². The molecule has 2 rings (SSSR count). The van der Waals surface area contributed by atoms with Crippen molar-refractivity contribution in [3.05, 3.63) is 60.3 Å². The summed E-state index contributed by atoms with van der Waals surface area (Å²) in [5.41, 5.74) is 0.878. The second-order valence-electron chi connectivity index (χ2n) is 4.38. The standard InChI is InChI=1S/C14H15N3O3S/c1-11(12-7-3-2-4-8-12)16-14(18)17-21(19,20)13-9-5-6-10-15-13/h2-11H,1H3,(H2,16,17,18). The molecule has 0 spiro atoms. The highest BCUT2D eigenvalue weighted by atomic mass is 32.2. The number of amides is 2. The van der Waals surface area contributed by atoms with E-state index in [1.807, 2.05) is 35.1 Å². The molecule has 0 radical (unpaired) electrons. The van der Waals surface area contributed by atoms with Crippen molar-refractivity contribution in [2.75, 3.05) is 0 Å². The molecule has 110 valence electrons. The second-order valence-corrected chi connectivity index (χ2v) is 6.01. The third kappa shape index (κ3) is 4.03. The van der Waals surface area contributed by atoms with Gasteiger partial charge in [-0.25, -0.2) is 14.5 Å². The van der Waals surface area contributed by atoms with Crippen LogP contribution in [0.15, 0.2) is 59.8 Å². The summed E-state index contributed by atoms with van der Waals surface area (Å²) in [6.45, 7) is 1.77. The second kappa shape index (κ2) is 6.36. The van der Waals surface area contributed by atoms with Gasteiger partial charge in [0.25, 0.3) is 10.0 Å². The van der Waals surface area contributed by atoms with Gasteiger partial charge in [-0.3, -0.25) is 0 Å². The number of nitrogens with zero attached hydrogens (tertiary/aromatic N) is 1. The third-order valence-electron chi connectivity index (χ3n) is 2.79. The lowest BCUT2D eigenvalue weighted by atomic mass is 10.1. The predicted octanol–water partition coefficient (Wildman–Crippen LogP) is 1.83. The summed E-state index contributed by atoms with van der Waals surface area (Å²) in [5.74, 6) is 0. The SMILES string of the molecule is CC(NC(=O)NS(=O)(=O)c1ccccn1)c1ccccc1. The summed E-state index contributed by atoms with van der Waals surface area (Å²) in [7, 11) is -3.96. The summed E-state index contributed by atoms with van der Waals surface area (Å²) in [6, 6.07) is 12.6. The number of aromatic nitrogens is 1. The van der Waals surface area contributed by atoms with Crippen molar-refractivity contribution >= 4 is 16.1 Å². The fourth-order valence-corrected chi connectivity index (χ4v) is 2.60. The molecule has 0 fully saturated rings. The molecule has 0 aliphatic heterocycles. The number of benzene rings is 1. The molecule has 0 aliphatic carbocycles. The van der Waals surface area contributed by atoms with Crippen molar-refractivity contribution in [3.63, 3.8) is 0 Å². The average Bonchev–Trinajstić information content (AvgIpc) is 2.48. The van der Waals surface area contributed by atoms with E-state index in [4.69, 9.17) is 0 Å². The van der Waals surface area contributed by atoms with E-state index in [1.54, 1.807) is 13.0 Å². The zero-order valence-electron chi connectivity index (χ0n) is 11.4. The number of nitrogens with one attached hydrogen (secondary N) is 2. The van der Waals surface area contributed by atoms with E-state index in [-0.39, 0.29) is 11.1 Å². The number of hydrogen-bond acceptors (Lipinski definition) is 4. The molecule has 2 aromatic rings. The van der Waals surface area contributed by atoms with Crippen molar-refractivity contribution < 1.29 is 13.2 Å². The molecule has 2 N–H and O–H groups in total. The number of carbonyl (C=O) groups excluding carboxylic acids is 1. The number of pyridine rings is 1. The van der Waals surface area contributed by atoms with Crippen LogP contribution < -0.4 is 10.0 Å². The molecule has 1 aromatic heterocycles. The van der Waals surface area contributed by atoms with Gasteiger partial charge in [-0.15, -0.1) is 0 Å². The molecule has 0 saturated heterocycles. The van der Waals surface area contributed by atoms with Crippen molar-refractivity contribution in [2.24, 2.45) is 0 Å². The van der Waals surface area contributed by atoms with E-state index in [2.05, 4.69) is 10.3 Å². The monoisotopic (exact) mass is 305 g/mol. The van der Waals surface area contributed by atoms with Gasteiger partial charge in [0.2, 0.25) is 0 Å². The number of urea groups is 1. The fourth-order valence-electron chi connectivity index (χ4n) is 1.73. The topological polar surface area (TPSA) is 88.2 Å². The minimum absolute atomic E-state index is 0.201. The van der Waals surface area contributed by atoms with E-state index in [1.165, 1.54) is 18.3 Å². The summed E-state index contributed by atoms with van der Waals surface area (Å²) in [6.07, 6.45) is 1.35. The minimum atomic E-state index is -3.96. The van der Waals surface area contributed by atoms with Crippen LogP contribution in [0, 0.1) is 0 Å². The Kier molecular flexibility index (Phi) is 4.54. The molecule has 21 heavy (non-hydrogen) atoms. The van der Waals surface area contributed by atoms with Crippen molar-refractivity contribution in [2.45, 2.75) is 18.0 Å². The van der Waals surface area contributed by atoms with Gasteiger partial charge in [0, 0.05) is 6.20 Å². The largest absolute Gasteiger partial charge is 0.331 e. The van der Waals surface area contributed by atoms with Crippen molar-refractivity contribution in [3.8, 4) is 0 Å². The lowest BCUT2D eigenvalue weighted by molar-refractivity contribution is 0.243. The van der Waals surface area contributed by atoms with E-state index in [0.29, 0.717) is 0 Å². The Balaban J connectivity index is 2.02. The molecule has 1 unspecified atom stereocenters. The number of carbonyl (C=O) groups is 1. The maximum atomic E-state index is 11.9. The van der Waals surface area contributed by atoms with Crippen molar-refractivity contribution in [1.29, 1.82) is 0 Å². The maximum Gasteiger partial charge on any atom is 0.329 e. The molecule has 7 heteroatoms. The first-order chi connectivity index (χ1) is 9.99. The Morgan fingerprint density at radius 1 is 1.10 bits per heavy atom. The van der Waals surface area contributed by atoms with Crippen LogP contribution in [0.3, 0.4) is 0 Å². The zero-order chi connectivity index (χ0) is 15.3. The summed E-state index contributed by atoms with van der Waals surface area (Å²) >= 11 is 0. The Morgan fingerprint density at radius 2 is 1.76 bits per heavy atom. The number of rotatable bonds is 4. The van der Waals surface area contributed by atoms with Gasteiger partial charge in [0.15, 0.2) is 5.03 Å². The van der Waals surface area contributed by atoms with Crippen LogP contribution in [0.2, 0.25) is 0 Å². The quantitative estimate of drug-likeness (QED) is 0.902. The van der Waals surface area contributed by atoms with Crippen LogP contribution in [0.25, 0.3) is 0 Å². The first-order valence-electron chi connectivity index (χ1n) is 6.28. The van der Waals surface area contributed by atoms with Crippen LogP contribution in [0.4, 0.5) is 4.79 Å². The molecule has 0 bridgehead atoms. The van der Waals surface area contributed by atoms with E-state index < -0.39 is 16.1 Å². The summed E-state index contributed by atoms with van der Waals surface area (Å²) in [4.78, 5) is 15.5. The zero-order valence-corrected chi connectivity index (χ0v) is 12.2. The maximum absolute atomic E-state index is 11.9. The van der Waals surface area contributed by atoms with E-state index >= 15 is 0 Å². The Morgan fingerprint density at radius 3 is 2.38 bits per heavy atom. The van der Waals surface area contributed by atoms with Gasteiger partial charge >= 0.3 is 6.03 Å². The molecule has 2 amide bonds. The highest BCUT2D eigenvalue weighted by Gasteiger charge is 2.19. The van der Waals surface area contributed by atoms with E-state index in [0.717, 1.165) is 5.56 Å². The molecule has 6 nitrogen and oxygen atoms in total. The van der Waals surface area contributed by atoms with E-state index in [9.17, 15) is 13.2 Å². The fraction of sp³-hybridized carbons (Fsp3) is 0.143. The lowest BCUT2D eigenvalue weighted by Crippen LogP contribution is -2.40. The molecule has 1 heterocycles. The third-order valence-corrected chi connectivity index (χ3v) is 4.03.